The highest BCUT2D eigenvalue weighted by molar-refractivity contribution is 5.70. The predicted molar refractivity (Wildman–Crippen MR) is 114 cm³/mol. The van der Waals surface area contributed by atoms with E-state index in [1.165, 1.54) is 64.0 Å². The van der Waals surface area contributed by atoms with E-state index in [2.05, 4.69) is 40.1 Å². The van der Waals surface area contributed by atoms with Crippen LogP contribution in [0.3, 0.4) is 0 Å². The van der Waals surface area contributed by atoms with E-state index in [4.69, 9.17) is 4.74 Å². The highest BCUT2D eigenvalue weighted by Crippen LogP contribution is 2.32. The average Bonchev–Trinajstić information content (AvgIpc) is 2.64. The fraction of sp³-hybridized carbons (Fsp3) is 0.708. The molecule has 1 aliphatic heterocycles. The summed E-state index contributed by atoms with van der Waals surface area (Å²) in [5, 5.41) is 0. The number of rotatable bonds is 6. The molecule has 0 atom stereocenters. The van der Waals surface area contributed by atoms with Crippen molar-refractivity contribution in [1.82, 2.24) is 9.80 Å². The number of hydrogen-bond donors (Lipinski definition) is 0. The average molecular weight is 387 g/mol. The Morgan fingerprint density at radius 1 is 0.929 bits per heavy atom. The van der Waals surface area contributed by atoms with E-state index in [0.29, 0.717) is 12.3 Å². The lowest BCUT2D eigenvalue weighted by atomic mass is 9.80. The largest absolute Gasteiger partial charge is 0.460 e. The third-order valence-corrected chi connectivity index (χ3v) is 6.07. The highest BCUT2D eigenvalue weighted by atomic mass is 16.6. The maximum atomic E-state index is 12.1. The zero-order valence-corrected chi connectivity index (χ0v) is 18.0. The summed E-state index contributed by atoms with van der Waals surface area (Å²) in [7, 11) is 0. The van der Waals surface area contributed by atoms with Crippen LogP contribution in [0.4, 0.5) is 0 Å². The lowest BCUT2D eigenvalue weighted by Gasteiger charge is -2.38. The molecule has 0 spiro atoms. The summed E-state index contributed by atoms with van der Waals surface area (Å²) in [5.74, 6) is 1.30. The minimum atomic E-state index is -0.364. The maximum absolute atomic E-state index is 12.1. The van der Waals surface area contributed by atoms with Crippen molar-refractivity contribution in [3.63, 3.8) is 0 Å². The van der Waals surface area contributed by atoms with Crippen molar-refractivity contribution in [2.24, 2.45) is 11.8 Å². The first kappa shape index (κ1) is 21.3. The normalized spacial score (nSPS) is 24.8. The standard InChI is InChI=1S/C24H38N2O2/c1-24(2,3)28-23(27)17-20-9-11-22(12-10-20)19-26-15-13-25(14-16-26)18-21-7-5-4-6-8-21/h4-8,20,22H,9-19H2,1-3H3. The van der Waals surface area contributed by atoms with Crippen LogP contribution in [-0.2, 0) is 16.1 Å². The second-order valence-electron chi connectivity index (χ2n) is 9.74. The number of esters is 1. The molecule has 0 unspecified atom stereocenters. The zero-order chi connectivity index (χ0) is 20.0. The Hall–Kier alpha value is -1.39. The minimum Gasteiger partial charge on any atom is -0.460 e. The molecule has 1 aromatic rings. The summed E-state index contributed by atoms with van der Waals surface area (Å²) >= 11 is 0. The van der Waals surface area contributed by atoms with Crippen molar-refractivity contribution in [3.8, 4) is 0 Å². The van der Waals surface area contributed by atoms with Crippen molar-refractivity contribution < 1.29 is 9.53 Å². The van der Waals surface area contributed by atoms with Crippen molar-refractivity contribution in [2.45, 2.75) is 65.0 Å². The number of carbonyl (C=O) groups excluding carboxylic acids is 1. The first-order valence-corrected chi connectivity index (χ1v) is 11.1. The number of hydrogen-bond acceptors (Lipinski definition) is 4. The van der Waals surface area contributed by atoms with Crippen LogP contribution in [0.15, 0.2) is 30.3 Å². The Labute approximate surface area is 171 Å². The van der Waals surface area contributed by atoms with Gasteiger partial charge in [-0.1, -0.05) is 30.3 Å². The van der Waals surface area contributed by atoms with Crippen LogP contribution in [-0.4, -0.2) is 54.1 Å². The first-order valence-electron chi connectivity index (χ1n) is 11.1. The van der Waals surface area contributed by atoms with Crippen molar-refractivity contribution in [1.29, 1.82) is 0 Å². The second kappa shape index (κ2) is 9.89. The molecule has 156 valence electrons. The van der Waals surface area contributed by atoms with Gasteiger partial charge in [0.15, 0.2) is 0 Å². The van der Waals surface area contributed by atoms with Gasteiger partial charge >= 0.3 is 5.97 Å². The highest BCUT2D eigenvalue weighted by Gasteiger charge is 2.27. The molecule has 0 bridgehead atoms. The Morgan fingerprint density at radius 2 is 1.50 bits per heavy atom. The predicted octanol–water partition coefficient (Wildman–Crippen LogP) is 4.34. The SMILES string of the molecule is CC(C)(C)OC(=O)CC1CCC(CN2CCN(Cc3ccccc3)CC2)CC1. The summed E-state index contributed by atoms with van der Waals surface area (Å²) in [6, 6.07) is 10.8. The van der Waals surface area contributed by atoms with E-state index < -0.39 is 0 Å². The monoisotopic (exact) mass is 386 g/mol. The molecular weight excluding hydrogens is 348 g/mol. The van der Waals surface area contributed by atoms with Gasteiger partial charge in [-0.05, 0) is 63.9 Å². The van der Waals surface area contributed by atoms with E-state index in [1.54, 1.807) is 0 Å². The molecule has 1 aromatic carbocycles. The summed E-state index contributed by atoms with van der Waals surface area (Å²) in [6.45, 7) is 12.9. The molecule has 4 nitrogen and oxygen atoms in total. The molecule has 1 heterocycles. The second-order valence-corrected chi connectivity index (χ2v) is 9.74. The lowest BCUT2D eigenvalue weighted by molar-refractivity contribution is -0.156. The van der Waals surface area contributed by atoms with E-state index in [9.17, 15) is 4.79 Å². The Kier molecular flexibility index (Phi) is 7.53. The fourth-order valence-corrected chi connectivity index (χ4v) is 4.57. The van der Waals surface area contributed by atoms with Crippen LogP contribution < -0.4 is 0 Å². The molecular formula is C24H38N2O2. The van der Waals surface area contributed by atoms with Gasteiger partial charge in [0.25, 0.3) is 0 Å². The number of benzene rings is 1. The van der Waals surface area contributed by atoms with Crippen LogP contribution in [0.5, 0.6) is 0 Å². The molecule has 3 rings (SSSR count). The molecule has 0 amide bonds. The first-order chi connectivity index (χ1) is 13.4. The van der Waals surface area contributed by atoms with Gasteiger partial charge in [0.1, 0.15) is 5.60 Å². The molecule has 2 aliphatic rings. The summed E-state index contributed by atoms with van der Waals surface area (Å²) in [6.07, 6.45) is 5.48. The molecule has 1 aliphatic carbocycles. The van der Waals surface area contributed by atoms with Crippen LogP contribution >= 0.6 is 0 Å². The van der Waals surface area contributed by atoms with Crippen molar-refractivity contribution in [3.05, 3.63) is 35.9 Å². The number of carbonyl (C=O) groups is 1. The molecule has 2 fully saturated rings. The van der Waals surface area contributed by atoms with E-state index in [-0.39, 0.29) is 11.6 Å². The Bertz CT molecular complexity index is 595. The van der Waals surface area contributed by atoms with E-state index in [1.807, 2.05) is 20.8 Å². The van der Waals surface area contributed by atoms with Crippen LogP contribution in [0.25, 0.3) is 0 Å². The Morgan fingerprint density at radius 3 is 2.11 bits per heavy atom. The van der Waals surface area contributed by atoms with Crippen molar-refractivity contribution in [2.75, 3.05) is 32.7 Å². The van der Waals surface area contributed by atoms with Gasteiger partial charge in [-0.25, -0.2) is 0 Å². The van der Waals surface area contributed by atoms with Gasteiger partial charge in [0, 0.05) is 45.7 Å². The molecule has 1 saturated heterocycles. The van der Waals surface area contributed by atoms with Crippen molar-refractivity contribution >= 4 is 5.97 Å². The van der Waals surface area contributed by atoms with E-state index in [0.717, 1.165) is 12.5 Å². The molecule has 0 aromatic heterocycles. The fourth-order valence-electron chi connectivity index (χ4n) is 4.57. The smallest absolute Gasteiger partial charge is 0.306 e. The van der Waals surface area contributed by atoms with Gasteiger partial charge < -0.3 is 9.64 Å². The molecule has 0 radical (unpaired) electrons. The van der Waals surface area contributed by atoms with Gasteiger partial charge in [-0.15, -0.1) is 0 Å². The third-order valence-electron chi connectivity index (χ3n) is 6.07. The third kappa shape index (κ3) is 7.21. The number of nitrogens with zero attached hydrogens (tertiary/aromatic N) is 2. The number of piperazine rings is 1. The minimum absolute atomic E-state index is 0.0227. The summed E-state index contributed by atoms with van der Waals surface area (Å²) in [4.78, 5) is 17.3. The quantitative estimate of drug-likeness (QED) is 0.681. The molecule has 4 heteroatoms. The zero-order valence-electron chi connectivity index (χ0n) is 18.0. The van der Waals surface area contributed by atoms with Gasteiger partial charge in [-0.2, -0.15) is 0 Å². The molecule has 1 saturated carbocycles. The van der Waals surface area contributed by atoms with Gasteiger partial charge in [-0.3, -0.25) is 9.69 Å². The molecule has 0 N–H and O–H groups in total. The van der Waals surface area contributed by atoms with Gasteiger partial charge in [0.2, 0.25) is 0 Å². The Balaban J connectivity index is 1.32. The topological polar surface area (TPSA) is 32.8 Å². The van der Waals surface area contributed by atoms with E-state index >= 15 is 0 Å². The van der Waals surface area contributed by atoms with Gasteiger partial charge in [0.05, 0.1) is 0 Å². The summed E-state index contributed by atoms with van der Waals surface area (Å²) in [5.41, 5.74) is 1.05. The van der Waals surface area contributed by atoms with Crippen LogP contribution in [0, 0.1) is 11.8 Å². The maximum Gasteiger partial charge on any atom is 0.306 e. The van der Waals surface area contributed by atoms with Crippen LogP contribution in [0.1, 0.15) is 58.4 Å². The summed E-state index contributed by atoms with van der Waals surface area (Å²) < 4.78 is 5.49. The molecule has 28 heavy (non-hydrogen) atoms. The van der Waals surface area contributed by atoms with Crippen LogP contribution in [0.2, 0.25) is 0 Å². The lowest BCUT2D eigenvalue weighted by Crippen LogP contribution is -2.47. The number of ether oxygens (including phenoxy) is 1.